The molecule has 0 N–H and O–H groups in total. The predicted molar refractivity (Wildman–Crippen MR) is 146 cm³/mol. The lowest BCUT2D eigenvalue weighted by molar-refractivity contribution is -0.137. The second-order valence-electron chi connectivity index (χ2n) is 8.25. The van der Waals surface area contributed by atoms with Gasteiger partial charge < -0.3 is 4.74 Å². The molecule has 0 aliphatic carbocycles. The molecule has 4 aromatic rings. The molecule has 0 aromatic heterocycles. The van der Waals surface area contributed by atoms with Crippen molar-refractivity contribution >= 4 is 35.2 Å². The van der Waals surface area contributed by atoms with Crippen molar-refractivity contribution in [1.82, 2.24) is 0 Å². The minimum atomic E-state index is -1.94. The van der Waals surface area contributed by atoms with Gasteiger partial charge in [-0.25, -0.2) is 4.79 Å². The van der Waals surface area contributed by atoms with Crippen LogP contribution in [0.2, 0.25) is 0 Å². The maximum absolute atomic E-state index is 11.7. The van der Waals surface area contributed by atoms with Crippen LogP contribution in [0.1, 0.15) is 23.6 Å². The first-order valence-corrected chi connectivity index (χ1v) is 13.6. The minimum absolute atomic E-state index is 0.312. The highest BCUT2D eigenvalue weighted by atomic mass is 31.2. The van der Waals surface area contributed by atoms with Gasteiger partial charge in [-0.2, -0.15) is 0 Å². The molecule has 0 fully saturated rings. The number of ether oxygens (including phenoxy) is 1. The zero-order valence-electron chi connectivity index (χ0n) is 19.7. The third-order valence-corrected chi connectivity index (χ3v) is 10.4. The predicted octanol–water partition coefficient (Wildman–Crippen LogP) is 6.07. The van der Waals surface area contributed by atoms with Gasteiger partial charge in [-0.3, -0.25) is 0 Å². The van der Waals surface area contributed by atoms with Crippen LogP contribution >= 0.6 is 7.26 Å². The Kier molecular flexibility index (Phi) is 7.72. The Balaban J connectivity index is 1.81. The highest BCUT2D eigenvalue weighted by Gasteiger charge is 2.45. The van der Waals surface area contributed by atoms with Crippen LogP contribution in [0.3, 0.4) is 0 Å². The number of carbonyl (C=O) groups excluding carboxylic acids is 1. The standard InChI is InChI=1S/C31H30O2P/c1-3-33-31(32)22-21-27-20-19-26(23-25(27)2)24-34(28-13-7-4-8-14-28,29-15-9-5-10-16-29)30-17-11-6-12-18-30/h4-23H,3,24H2,1-2H3/q+1. The van der Waals surface area contributed by atoms with Gasteiger partial charge in [-0.15, -0.1) is 0 Å². The van der Waals surface area contributed by atoms with Crippen molar-refractivity contribution in [2.24, 2.45) is 0 Å². The first kappa shape index (κ1) is 23.7. The van der Waals surface area contributed by atoms with Crippen LogP contribution in [0.15, 0.2) is 115 Å². The summed E-state index contributed by atoms with van der Waals surface area (Å²) >= 11 is 0. The van der Waals surface area contributed by atoms with Crippen molar-refractivity contribution in [3.05, 3.63) is 132 Å². The second kappa shape index (κ2) is 11.1. The molecule has 0 unspecified atom stereocenters. The lowest BCUT2D eigenvalue weighted by Crippen LogP contribution is -2.32. The Morgan fingerprint density at radius 1 is 0.765 bits per heavy atom. The quantitative estimate of drug-likeness (QED) is 0.179. The van der Waals surface area contributed by atoms with Crippen LogP contribution in [-0.2, 0) is 15.7 Å². The van der Waals surface area contributed by atoms with Crippen LogP contribution in [0.4, 0.5) is 0 Å². The van der Waals surface area contributed by atoms with Crippen LogP contribution in [0.25, 0.3) is 6.08 Å². The van der Waals surface area contributed by atoms with Gasteiger partial charge in [0, 0.05) is 6.08 Å². The van der Waals surface area contributed by atoms with Crippen LogP contribution in [-0.4, -0.2) is 12.6 Å². The Morgan fingerprint density at radius 3 is 1.71 bits per heavy atom. The van der Waals surface area contributed by atoms with E-state index in [1.54, 1.807) is 0 Å². The molecule has 34 heavy (non-hydrogen) atoms. The van der Waals surface area contributed by atoms with Gasteiger partial charge in [-0.1, -0.05) is 72.8 Å². The molecule has 4 rings (SSSR count). The topological polar surface area (TPSA) is 26.3 Å². The Labute approximate surface area is 203 Å². The fourth-order valence-corrected chi connectivity index (χ4v) is 8.64. The monoisotopic (exact) mass is 465 g/mol. The molecule has 0 heterocycles. The van der Waals surface area contributed by atoms with Crippen molar-refractivity contribution in [3.8, 4) is 0 Å². The van der Waals surface area contributed by atoms with E-state index in [-0.39, 0.29) is 5.97 Å². The van der Waals surface area contributed by atoms with E-state index in [0.717, 1.165) is 17.3 Å². The van der Waals surface area contributed by atoms with E-state index in [1.807, 2.05) is 13.0 Å². The van der Waals surface area contributed by atoms with E-state index in [4.69, 9.17) is 4.74 Å². The molecule has 0 amide bonds. The zero-order valence-corrected chi connectivity index (χ0v) is 20.6. The van der Waals surface area contributed by atoms with Gasteiger partial charge in [-0.05, 0) is 73.0 Å². The largest absolute Gasteiger partial charge is 0.463 e. The number of hydrogen-bond donors (Lipinski definition) is 0. The number of rotatable bonds is 8. The van der Waals surface area contributed by atoms with E-state index >= 15 is 0 Å². The maximum Gasteiger partial charge on any atom is 0.330 e. The van der Waals surface area contributed by atoms with Crippen molar-refractivity contribution in [1.29, 1.82) is 0 Å². The van der Waals surface area contributed by atoms with E-state index in [2.05, 4.69) is 116 Å². The molecular formula is C31H30O2P+. The van der Waals surface area contributed by atoms with Gasteiger partial charge in [0.1, 0.15) is 23.2 Å². The Hall–Kier alpha value is -3.48. The summed E-state index contributed by atoms with van der Waals surface area (Å²) in [6.07, 6.45) is 4.26. The molecule has 0 spiro atoms. The van der Waals surface area contributed by atoms with Gasteiger partial charge in [0.25, 0.3) is 0 Å². The molecule has 0 bridgehead atoms. The number of esters is 1. The molecule has 0 aliphatic rings. The van der Waals surface area contributed by atoms with Crippen LogP contribution < -0.4 is 15.9 Å². The van der Waals surface area contributed by atoms with E-state index in [0.29, 0.717) is 6.61 Å². The summed E-state index contributed by atoms with van der Waals surface area (Å²) in [5.41, 5.74) is 3.46. The summed E-state index contributed by atoms with van der Waals surface area (Å²) in [5.74, 6) is -0.312. The second-order valence-corrected chi connectivity index (χ2v) is 11.7. The normalized spacial score (nSPS) is 11.5. The summed E-state index contributed by atoms with van der Waals surface area (Å²) in [6.45, 7) is 4.29. The van der Waals surface area contributed by atoms with E-state index < -0.39 is 7.26 Å². The summed E-state index contributed by atoms with van der Waals surface area (Å²) < 4.78 is 5.02. The van der Waals surface area contributed by atoms with Crippen molar-refractivity contribution in [2.75, 3.05) is 6.61 Å². The Bertz CT molecular complexity index is 1150. The molecule has 4 aromatic carbocycles. The first-order chi connectivity index (χ1) is 16.6. The van der Waals surface area contributed by atoms with Crippen LogP contribution in [0.5, 0.6) is 0 Å². The molecule has 170 valence electrons. The number of aryl methyl sites for hydroxylation is 1. The summed E-state index contributed by atoms with van der Waals surface area (Å²) in [5, 5.41) is 4.11. The fraction of sp³-hybridized carbons (Fsp3) is 0.129. The van der Waals surface area contributed by atoms with Crippen molar-refractivity contribution in [3.63, 3.8) is 0 Å². The molecule has 0 saturated carbocycles. The molecule has 2 nitrogen and oxygen atoms in total. The minimum Gasteiger partial charge on any atom is -0.463 e. The highest BCUT2D eigenvalue weighted by Crippen LogP contribution is 2.58. The number of benzene rings is 4. The molecule has 0 radical (unpaired) electrons. The van der Waals surface area contributed by atoms with Gasteiger partial charge >= 0.3 is 5.97 Å². The third-order valence-electron chi connectivity index (χ3n) is 6.03. The van der Waals surface area contributed by atoms with Crippen molar-refractivity contribution in [2.45, 2.75) is 20.0 Å². The Morgan fingerprint density at radius 2 is 1.26 bits per heavy atom. The zero-order chi connectivity index (χ0) is 23.8. The molecule has 0 atom stereocenters. The first-order valence-electron chi connectivity index (χ1n) is 11.6. The number of carbonyl (C=O) groups is 1. The van der Waals surface area contributed by atoms with Crippen LogP contribution in [0, 0.1) is 6.92 Å². The number of hydrogen-bond acceptors (Lipinski definition) is 2. The smallest absolute Gasteiger partial charge is 0.330 e. The molecule has 0 aliphatic heterocycles. The lowest BCUT2D eigenvalue weighted by Gasteiger charge is -2.28. The summed E-state index contributed by atoms with van der Waals surface area (Å²) in [6, 6.07) is 39.3. The highest BCUT2D eigenvalue weighted by molar-refractivity contribution is 7.95. The lowest BCUT2D eigenvalue weighted by atomic mass is 10.1. The fourth-order valence-electron chi connectivity index (χ4n) is 4.41. The molecule has 3 heteroatoms. The summed E-state index contributed by atoms with van der Waals surface area (Å²) in [7, 11) is -1.94. The van der Waals surface area contributed by atoms with E-state index in [9.17, 15) is 4.79 Å². The maximum atomic E-state index is 11.7. The van der Waals surface area contributed by atoms with Gasteiger partial charge in [0.05, 0.1) is 12.8 Å². The molecular weight excluding hydrogens is 435 g/mol. The van der Waals surface area contributed by atoms with Gasteiger partial charge in [0.2, 0.25) is 0 Å². The summed E-state index contributed by atoms with van der Waals surface area (Å²) in [4.78, 5) is 11.7. The third kappa shape index (κ3) is 5.19. The van der Waals surface area contributed by atoms with E-state index in [1.165, 1.54) is 27.6 Å². The van der Waals surface area contributed by atoms with Crippen molar-refractivity contribution < 1.29 is 9.53 Å². The average Bonchev–Trinajstić information content (AvgIpc) is 2.88. The van der Waals surface area contributed by atoms with Gasteiger partial charge in [0.15, 0.2) is 0 Å². The molecule has 0 saturated heterocycles. The average molecular weight is 466 g/mol. The SMILES string of the molecule is CCOC(=O)C=Cc1ccc(C[P+](c2ccccc2)(c2ccccc2)c2ccccc2)cc1C.